The molecular weight excluding hydrogens is 426 g/mol. The molecule has 0 atom stereocenters. The third kappa shape index (κ3) is 3.52. The minimum Gasteiger partial charge on any atom is -0.508 e. The molecule has 0 saturated carbocycles. The summed E-state index contributed by atoms with van der Waals surface area (Å²) >= 11 is 0. The molecule has 168 valence electrons. The Labute approximate surface area is 197 Å². The normalized spacial score (nSPS) is 13.3. The van der Waals surface area contributed by atoms with Gasteiger partial charge >= 0.3 is 0 Å². The first-order valence-corrected chi connectivity index (χ1v) is 11.0. The molecule has 34 heavy (non-hydrogen) atoms. The zero-order valence-electron chi connectivity index (χ0n) is 18.6. The summed E-state index contributed by atoms with van der Waals surface area (Å²) in [5, 5.41) is 19.6. The van der Waals surface area contributed by atoms with E-state index in [2.05, 4.69) is 6.92 Å². The molecule has 5 rings (SSSR count). The summed E-state index contributed by atoms with van der Waals surface area (Å²) in [6.45, 7) is 2.28. The fourth-order valence-electron chi connectivity index (χ4n) is 4.60. The Morgan fingerprint density at radius 1 is 0.618 bits per heavy atom. The number of carbonyl (C=O) groups excluding carboxylic acids is 2. The highest BCUT2D eigenvalue weighted by molar-refractivity contribution is 6.21. The SMILES string of the molecule is CC(c1ccc(O)cc1)(c1ccc(O)cc1)c1ccc(CN2C(=O)c3ccccc3C2=O)cc1. The van der Waals surface area contributed by atoms with Crippen LogP contribution in [0, 0.1) is 0 Å². The van der Waals surface area contributed by atoms with E-state index < -0.39 is 5.41 Å². The number of phenolic OH excluding ortho intramolecular Hbond substituents is 2. The number of aromatic hydroxyl groups is 2. The summed E-state index contributed by atoms with van der Waals surface area (Å²) < 4.78 is 0. The topological polar surface area (TPSA) is 77.8 Å². The molecule has 0 aromatic heterocycles. The van der Waals surface area contributed by atoms with Crippen molar-refractivity contribution in [3.05, 3.63) is 130 Å². The van der Waals surface area contributed by atoms with Crippen LogP contribution in [0.5, 0.6) is 11.5 Å². The molecule has 4 aromatic carbocycles. The van der Waals surface area contributed by atoms with Gasteiger partial charge in [0.15, 0.2) is 0 Å². The van der Waals surface area contributed by atoms with Crippen molar-refractivity contribution in [2.24, 2.45) is 0 Å². The molecule has 0 aliphatic carbocycles. The van der Waals surface area contributed by atoms with Gasteiger partial charge in [0.05, 0.1) is 17.7 Å². The maximum Gasteiger partial charge on any atom is 0.261 e. The van der Waals surface area contributed by atoms with Gasteiger partial charge in [-0.1, -0.05) is 60.7 Å². The second-order valence-corrected chi connectivity index (χ2v) is 8.66. The summed E-state index contributed by atoms with van der Waals surface area (Å²) in [6, 6.07) is 28.9. The quantitative estimate of drug-likeness (QED) is 0.322. The highest BCUT2D eigenvalue weighted by Crippen LogP contribution is 2.40. The van der Waals surface area contributed by atoms with Crippen molar-refractivity contribution < 1.29 is 19.8 Å². The van der Waals surface area contributed by atoms with Crippen molar-refractivity contribution in [3.8, 4) is 11.5 Å². The van der Waals surface area contributed by atoms with Crippen molar-refractivity contribution in [2.45, 2.75) is 18.9 Å². The summed E-state index contributed by atoms with van der Waals surface area (Å²) in [5.41, 5.74) is 4.11. The third-order valence-electron chi connectivity index (χ3n) is 6.64. The molecule has 0 unspecified atom stereocenters. The van der Waals surface area contributed by atoms with E-state index in [0.29, 0.717) is 11.1 Å². The zero-order chi connectivity index (χ0) is 23.9. The Morgan fingerprint density at radius 3 is 1.41 bits per heavy atom. The fraction of sp³-hybridized carbons (Fsp3) is 0.103. The number of nitrogens with zero attached hydrogens (tertiary/aromatic N) is 1. The number of rotatable bonds is 5. The molecule has 4 aromatic rings. The predicted octanol–water partition coefficient (Wildman–Crippen LogP) is 5.25. The van der Waals surface area contributed by atoms with Crippen molar-refractivity contribution in [2.75, 3.05) is 0 Å². The van der Waals surface area contributed by atoms with Crippen molar-refractivity contribution in [3.63, 3.8) is 0 Å². The van der Waals surface area contributed by atoms with Crippen molar-refractivity contribution in [1.29, 1.82) is 0 Å². The van der Waals surface area contributed by atoms with Crippen LogP contribution < -0.4 is 0 Å². The Hall–Kier alpha value is -4.38. The summed E-state index contributed by atoms with van der Waals surface area (Å²) in [6.07, 6.45) is 0. The predicted molar refractivity (Wildman–Crippen MR) is 129 cm³/mol. The lowest BCUT2D eigenvalue weighted by Gasteiger charge is -2.32. The molecule has 1 aliphatic heterocycles. The largest absolute Gasteiger partial charge is 0.508 e. The molecule has 2 amide bonds. The summed E-state index contributed by atoms with van der Waals surface area (Å²) in [4.78, 5) is 26.7. The van der Waals surface area contributed by atoms with Gasteiger partial charge in [0.2, 0.25) is 0 Å². The van der Waals surface area contributed by atoms with Crippen LogP contribution in [-0.2, 0) is 12.0 Å². The van der Waals surface area contributed by atoms with Crippen LogP contribution in [0.25, 0.3) is 0 Å². The smallest absolute Gasteiger partial charge is 0.261 e. The van der Waals surface area contributed by atoms with Crippen LogP contribution in [0.15, 0.2) is 97.1 Å². The van der Waals surface area contributed by atoms with Crippen LogP contribution in [0.4, 0.5) is 0 Å². The van der Waals surface area contributed by atoms with E-state index in [1.807, 2.05) is 48.5 Å². The highest BCUT2D eigenvalue weighted by Gasteiger charge is 2.35. The summed E-state index contributed by atoms with van der Waals surface area (Å²) in [5.74, 6) is -0.174. The first kappa shape index (κ1) is 21.5. The van der Waals surface area contributed by atoms with Gasteiger partial charge in [-0.25, -0.2) is 0 Å². The van der Waals surface area contributed by atoms with Gasteiger partial charge in [-0.2, -0.15) is 0 Å². The van der Waals surface area contributed by atoms with Gasteiger partial charge in [-0.05, 0) is 65.6 Å². The number of hydrogen-bond donors (Lipinski definition) is 2. The lowest BCUT2D eigenvalue weighted by Crippen LogP contribution is -2.29. The van der Waals surface area contributed by atoms with E-state index in [9.17, 15) is 19.8 Å². The van der Waals surface area contributed by atoms with Gasteiger partial charge in [0, 0.05) is 5.41 Å². The Bertz CT molecular complexity index is 1290. The molecule has 0 radical (unpaired) electrons. The molecule has 5 nitrogen and oxygen atoms in total. The first-order chi connectivity index (χ1) is 16.4. The maximum atomic E-state index is 12.7. The van der Waals surface area contributed by atoms with Gasteiger partial charge < -0.3 is 10.2 Å². The molecule has 0 saturated heterocycles. The molecule has 2 N–H and O–H groups in total. The van der Waals surface area contributed by atoms with Crippen molar-refractivity contribution >= 4 is 11.8 Å². The molecule has 5 heteroatoms. The van der Waals surface area contributed by atoms with Crippen LogP contribution in [0.1, 0.15) is 49.9 Å². The van der Waals surface area contributed by atoms with E-state index >= 15 is 0 Å². The second-order valence-electron chi connectivity index (χ2n) is 8.66. The van der Waals surface area contributed by atoms with E-state index in [4.69, 9.17) is 0 Å². The van der Waals surface area contributed by atoms with Crippen LogP contribution in [-0.4, -0.2) is 26.9 Å². The number of benzene rings is 4. The van der Waals surface area contributed by atoms with Crippen LogP contribution in [0.2, 0.25) is 0 Å². The molecule has 1 heterocycles. The van der Waals surface area contributed by atoms with Gasteiger partial charge in [-0.3, -0.25) is 14.5 Å². The Kier molecular flexibility index (Phi) is 5.17. The minimum atomic E-state index is -0.560. The van der Waals surface area contributed by atoms with Gasteiger partial charge in [0.25, 0.3) is 11.8 Å². The Balaban J connectivity index is 1.49. The molecule has 0 bridgehead atoms. The van der Waals surface area contributed by atoms with Crippen molar-refractivity contribution in [1.82, 2.24) is 4.90 Å². The number of fused-ring (bicyclic) bond motifs is 1. The first-order valence-electron chi connectivity index (χ1n) is 11.0. The lowest BCUT2D eigenvalue weighted by molar-refractivity contribution is 0.0642. The zero-order valence-corrected chi connectivity index (χ0v) is 18.6. The number of phenols is 2. The second kappa shape index (κ2) is 8.19. The van der Waals surface area contributed by atoms with E-state index in [-0.39, 0.29) is 29.9 Å². The highest BCUT2D eigenvalue weighted by atomic mass is 16.3. The average Bonchev–Trinajstić information content (AvgIpc) is 3.10. The summed E-state index contributed by atoms with van der Waals surface area (Å²) in [7, 11) is 0. The van der Waals surface area contributed by atoms with Gasteiger partial charge in [-0.15, -0.1) is 0 Å². The number of carbonyl (C=O) groups is 2. The standard InChI is InChI=1S/C29H23NO4/c1-29(21-10-14-23(31)15-11-21,22-12-16-24(32)17-13-22)20-8-6-19(7-9-20)18-30-27(33)25-4-2-3-5-26(25)28(30)34/h2-17,31-32H,18H2,1H3. The van der Waals surface area contributed by atoms with E-state index in [0.717, 1.165) is 22.3 Å². The van der Waals surface area contributed by atoms with E-state index in [1.54, 1.807) is 48.5 Å². The van der Waals surface area contributed by atoms with Crippen LogP contribution in [0.3, 0.4) is 0 Å². The number of imide groups is 1. The van der Waals surface area contributed by atoms with E-state index in [1.165, 1.54) is 4.90 Å². The monoisotopic (exact) mass is 449 g/mol. The molecule has 1 aliphatic rings. The maximum absolute atomic E-state index is 12.7. The Morgan fingerprint density at radius 2 is 1.00 bits per heavy atom. The van der Waals surface area contributed by atoms with Crippen LogP contribution >= 0.6 is 0 Å². The third-order valence-corrected chi connectivity index (χ3v) is 6.64. The lowest BCUT2D eigenvalue weighted by atomic mass is 9.71. The van der Waals surface area contributed by atoms with Gasteiger partial charge in [0.1, 0.15) is 11.5 Å². The number of hydrogen-bond acceptors (Lipinski definition) is 4. The molecule has 0 fully saturated rings. The molecule has 0 spiro atoms. The average molecular weight is 450 g/mol. The minimum absolute atomic E-state index is 0.188. The number of amides is 2. The molecular formula is C29H23NO4. The fourth-order valence-corrected chi connectivity index (χ4v) is 4.60.